The van der Waals surface area contributed by atoms with E-state index in [2.05, 4.69) is 12.2 Å². The van der Waals surface area contributed by atoms with Crippen molar-refractivity contribution in [3.8, 4) is 0 Å². The highest BCUT2D eigenvalue weighted by molar-refractivity contribution is 5.94. The highest BCUT2D eigenvalue weighted by atomic mass is 35.5. The minimum atomic E-state index is 0. The summed E-state index contributed by atoms with van der Waals surface area (Å²) in [6.07, 6.45) is 2.13. The van der Waals surface area contributed by atoms with Crippen LogP contribution < -0.4 is 5.32 Å². The van der Waals surface area contributed by atoms with Gasteiger partial charge in [-0.2, -0.15) is 0 Å². The SMILES string of the molecule is CCc1ccc(C(=O)N2CCC(CNC)C2)cc1.Cl. The summed E-state index contributed by atoms with van der Waals surface area (Å²) < 4.78 is 0. The average Bonchev–Trinajstić information content (AvgIpc) is 2.87. The molecule has 1 amide bonds. The molecule has 1 saturated heterocycles. The van der Waals surface area contributed by atoms with E-state index in [9.17, 15) is 4.79 Å². The minimum Gasteiger partial charge on any atom is -0.338 e. The number of carbonyl (C=O) groups is 1. The van der Waals surface area contributed by atoms with Crippen molar-refractivity contribution >= 4 is 18.3 Å². The summed E-state index contributed by atoms with van der Waals surface area (Å²) in [5.41, 5.74) is 2.10. The maximum atomic E-state index is 12.3. The molecular formula is C15H23ClN2O. The van der Waals surface area contributed by atoms with Gasteiger partial charge < -0.3 is 10.2 Å². The van der Waals surface area contributed by atoms with Crippen LogP contribution in [0.1, 0.15) is 29.3 Å². The summed E-state index contributed by atoms with van der Waals surface area (Å²) in [4.78, 5) is 14.3. The number of benzene rings is 1. The molecule has 3 nitrogen and oxygen atoms in total. The predicted molar refractivity (Wildman–Crippen MR) is 81.0 cm³/mol. The fourth-order valence-corrected chi connectivity index (χ4v) is 2.54. The topological polar surface area (TPSA) is 32.3 Å². The van der Waals surface area contributed by atoms with Crippen molar-refractivity contribution in [1.82, 2.24) is 10.2 Å². The third kappa shape index (κ3) is 3.95. The quantitative estimate of drug-likeness (QED) is 0.919. The number of halogens is 1. The van der Waals surface area contributed by atoms with Gasteiger partial charge in [0, 0.05) is 18.7 Å². The number of hydrogen-bond acceptors (Lipinski definition) is 2. The summed E-state index contributed by atoms with van der Waals surface area (Å²) in [5.74, 6) is 0.783. The van der Waals surface area contributed by atoms with Crippen LogP contribution in [0.4, 0.5) is 0 Å². The number of amides is 1. The molecule has 1 aliphatic rings. The maximum Gasteiger partial charge on any atom is 0.253 e. The van der Waals surface area contributed by atoms with E-state index >= 15 is 0 Å². The first kappa shape index (κ1) is 16.0. The van der Waals surface area contributed by atoms with Gasteiger partial charge in [0.25, 0.3) is 5.91 Å². The van der Waals surface area contributed by atoms with Crippen LogP contribution in [-0.2, 0) is 6.42 Å². The van der Waals surface area contributed by atoms with E-state index < -0.39 is 0 Å². The average molecular weight is 283 g/mol. The number of likely N-dealkylation sites (tertiary alicyclic amines) is 1. The Morgan fingerprint density at radius 2 is 2.05 bits per heavy atom. The van der Waals surface area contributed by atoms with Crippen molar-refractivity contribution in [2.45, 2.75) is 19.8 Å². The maximum absolute atomic E-state index is 12.3. The van der Waals surface area contributed by atoms with Crippen LogP contribution in [0.15, 0.2) is 24.3 Å². The molecule has 1 unspecified atom stereocenters. The first-order valence-corrected chi connectivity index (χ1v) is 6.77. The van der Waals surface area contributed by atoms with Crippen LogP contribution >= 0.6 is 12.4 Å². The summed E-state index contributed by atoms with van der Waals surface area (Å²) in [5, 5.41) is 3.19. The van der Waals surface area contributed by atoms with Crippen LogP contribution in [-0.4, -0.2) is 37.5 Å². The first-order valence-electron chi connectivity index (χ1n) is 6.77. The second kappa shape index (κ2) is 7.51. The molecule has 0 radical (unpaired) electrons. The summed E-state index contributed by atoms with van der Waals surface area (Å²) in [6.45, 7) is 4.90. The van der Waals surface area contributed by atoms with Crippen LogP contribution in [0.25, 0.3) is 0 Å². The molecule has 4 heteroatoms. The van der Waals surface area contributed by atoms with Gasteiger partial charge in [0.1, 0.15) is 0 Å². The van der Waals surface area contributed by atoms with Gasteiger partial charge in [-0.25, -0.2) is 0 Å². The fraction of sp³-hybridized carbons (Fsp3) is 0.533. The van der Waals surface area contributed by atoms with Gasteiger partial charge >= 0.3 is 0 Å². The molecular weight excluding hydrogens is 260 g/mol. The second-order valence-electron chi connectivity index (χ2n) is 5.01. The molecule has 0 saturated carbocycles. The molecule has 0 aliphatic carbocycles. The largest absolute Gasteiger partial charge is 0.338 e. The highest BCUT2D eigenvalue weighted by Gasteiger charge is 2.26. The number of carbonyl (C=O) groups excluding carboxylic acids is 1. The Hall–Kier alpha value is -1.06. The van der Waals surface area contributed by atoms with Gasteiger partial charge in [0.15, 0.2) is 0 Å². The zero-order valence-electron chi connectivity index (χ0n) is 11.7. The lowest BCUT2D eigenvalue weighted by molar-refractivity contribution is 0.0787. The van der Waals surface area contributed by atoms with Gasteiger partial charge in [-0.05, 0) is 50.0 Å². The molecule has 1 aromatic carbocycles. The van der Waals surface area contributed by atoms with Crippen LogP contribution in [0.3, 0.4) is 0 Å². The Balaban J connectivity index is 0.00000180. The summed E-state index contributed by atoms with van der Waals surface area (Å²) in [6, 6.07) is 8.00. The third-order valence-corrected chi connectivity index (χ3v) is 3.67. The molecule has 1 heterocycles. The standard InChI is InChI=1S/C15H22N2O.ClH/c1-3-12-4-6-14(7-5-12)15(18)17-9-8-13(11-17)10-16-2;/h4-7,13,16H,3,8-11H2,1-2H3;1H. The molecule has 1 fully saturated rings. The van der Waals surface area contributed by atoms with E-state index in [1.54, 1.807) is 0 Å². The molecule has 106 valence electrons. The Morgan fingerprint density at radius 1 is 1.37 bits per heavy atom. The van der Waals surface area contributed by atoms with Crippen molar-refractivity contribution in [1.29, 1.82) is 0 Å². The predicted octanol–water partition coefficient (Wildman–Crippen LogP) is 2.35. The molecule has 1 aliphatic heterocycles. The molecule has 1 N–H and O–H groups in total. The number of nitrogens with one attached hydrogen (secondary N) is 1. The summed E-state index contributed by atoms with van der Waals surface area (Å²) >= 11 is 0. The number of aryl methyl sites for hydroxylation is 1. The van der Waals surface area contributed by atoms with E-state index in [1.165, 1.54) is 5.56 Å². The number of hydrogen-bond donors (Lipinski definition) is 1. The molecule has 1 aromatic rings. The molecule has 0 aromatic heterocycles. The normalized spacial score (nSPS) is 18.2. The van der Waals surface area contributed by atoms with Crippen LogP contribution in [0.2, 0.25) is 0 Å². The molecule has 19 heavy (non-hydrogen) atoms. The first-order chi connectivity index (χ1) is 8.74. The Kier molecular flexibility index (Phi) is 6.32. The van der Waals surface area contributed by atoms with Gasteiger partial charge in [-0.3, -0.25) is 4.79 Å². The molecule has 2 rings (SSSR count). The van der Waals surface area contributed by atoms with Gasteiger partial charge in [-0.15, -0.1) is 12.4 Å². The van der Waals surface area contributed by atoms with Crippen molar-refractivity contribution in [3.63, 3.8) is 0 Å². The smallest absolute Gasteiger partial charge is 0.253 e. The fourth-order valence-electron chi connectivity index (χ4n) is 2.54. The van der Waals surface area contributed by atoms with Crippen molar-refractivity contribution in [3.05, 3.63) is 35.4 Å². The van der Waals surface area contributed by atoms with Crippen molar-refractivity contribution in [2.24, 2.45) is 5.92 Å². The zero-order chi connectivity index (χ0) is 13.0. The van der Waals surface area contributed by atoms with Crippen LogP contribution in [0.5, 0.6) is 0 Å². The van der Waals surface area contributed by atoms with Crippen molar-refractivity contribution in [2.75, 3.05) is 26.7 Å². The lowest BCUT2D eigenvalue weighted by atomic mass is 10.1. The lowest BCUT2D eigenvalue weighted by Gasteiger charge is -2.16. The van der Waals surface area contributed by atoms with Crippen LogP contribution in [0, 0.1) is 5.92 Å². The second-order valence-corrected chi connectivity index (χ2v) is 5.01. The lowest BCUT2D eigenvalue weighted by Crippen LogP contribution is -2.30. The van der Waals surface area contributed by atoms with E-state index in [4.69, 9.17) is 0 Å². The van der Waals surface area contributed by atoms with E-state index in [0.29, 0.717) is 5.92 Å². The third-order valence-electron chi connectivity index (χ3n) is 3.67. The number of nitrogens with zero attached hydrogens (tertiary/aromatic N) is 1. The summed E-state index contributed by atoms with van der Waals surface area (Å²) in [7, 11) is 1.97. The monoisotopic (exact) mass is 282 g/mol. The highest BCUT2D eigenvalue weighted by Crippen LogP contribution is 2.18. The Morgan fingerprint density at radius 3 is 2.63 bits per heavy atom. The Labute approximate surface area is 121 Å². The van der Waals surface area contributed by atoms with Crippen molar-refractivity contribution < 1.29 is 4.79 Å². The molecule has 1 atom stereocenters. The van der Waals surface area contributed by atoms with Gasteiger partial charge in [-0.1, -0.05) is 19.1 Å². The van der Waals surface area contributed by atoms with Gasteiger partial charge in [0.2, 0.25) is 0 Å². The van der Waals surface area contributed by atoms with E-state index in [1.807, 2.05) is 36.2 Å². The molecule has 0 spiro atoms. The Bertz CT molecular complexity index is 405. The number of rotatable bonds is 4. The van der Waals surface area contributed by atoms with E-state index in [-0.39, 0.29) is 18.3 Å². The van der Waals surface area contributed by atoms with Gasteiger partial charge in [0.05, 0.1) is 0 Å². The van der Waals surface area contributed by atoms with E-state index in [0.717, 1.165) is 38.0 Å². The minimum absolute atomic E-state index is 0. The zero-order valence-corrected chi connectivity index (χ0v) is 12.5. The molecule has 0 bridgehead atoms.